The lowest BCUT2D eigenvalue weighted by Crippen LogP contribution is -2.36. The Morgan fingerprint density at radius 2 is 0.788 bits per heavy atom. The van der Waals surface area contributed by atoms with E-state index in [1.165, 1.54) is 89.3 Å². The van der Waals surface area contributed by atoms with E-state index in [0.717, 1.165) is 22.7 Å². The van der Waals surface area contributed by atoms with Crippen molar-refractivity contribution in [2.45, 2.75) is 24.7 Å². The molecule has 10 aromatic carbocycles. The molecule has 0 radical (unpaired) electrons. The van der Waals surface area contributed by atoms with Crippen LogP contribution in [0, 0.1) is 0 Å². The van der Waals surface area contributed by atoms with Gasteiger partial charge >= 0.3 is 0 Å². The van der Waals surface area contributed by atoms with Gasteiger partial charge in [0.25, 0.3) is 0 Å². The van der Waals surface area contributed by atoms with E-state index >= 15 is 0 Å². The molecule has 0 atom stereocenters. The fourth-order valence-electron chi connectivity index (χ4n) is 11.9. The molecule has 13 rings (SSSR count). The van der Waals surface area contributed by atoms with Gasteiger partial charge in [-0.15, -0.1) is 0 Å². The molecule has 0 fully saturated rings. The van der Waals surface area contributed by atoms with Gasteiger partial charge in [0.2, 0.25) is 0 Å². The van der Waals surface area contributed by atoms with Crippen LogP contribution >= 0.6 is 0 Å². The molecule has 0 amide bonds. The van der Waals surface area contributed by atoms with Crippen molar-refractivity contribution in [1.82, 2.24) is 0 Å². The SMILES string of the molecule is CC1(C)c2ccccc2-c2cc(N(c3ccccc3-c3ccccc3)c3ccccc3-c3cccc4c3C3(c5ccccc5-4)c4ccccc4N(c4ccccc4)c4ccccc43)ccc21. The zero-order chi connectivity index (χ0) is 44.0. The molecule has 0 saturated heterocycles. The fourth-order valence-corrected chi connectivity index (χ4v) is 11.9. The third kappa shape index (κ3) is 5.36. The standard InChI is InChI=1S/C64H46N2/c1-63(2)53-32-13-9-28-48(53)52-42-45(40-41-54(52)63)66(58-36-17-11-26-46(58)43-22-5-3-6-23-43)59-37-18-12-29-49(59)51-31-21-30-50-47-27-10-14-33-55(47)64(62(50)51)56-34-15-19-38-60(56)65(44-24-7-4-8-25-44)61-39-20-16-35-57(61)64/h3-42H,1-2H3. The van der Waals surface area contributed by atoms with Crippen molar-refractivity contribution in [3.63, 3.8) is 0 Å². The highest BCUT2D eigenvalue weighted by Crippen LogP contribution is 2.65. The predicted molar refractivity (Wildman–Crippen MR) is 275 cm³/mol. The van der Waals surface area contributed by atoms with Crippen molar-refractivity contribution >= 4 is 34.1 Å². The molecule has 1 aliphatic heterocycles. The van der Waals surface area contributed by atoms with Crippen molar-refractivity contribution in [1.29, 1.82) is 0 Å². The molecule has 0 saturated carbocycles. The van der Waals surface area contributed by atoms with Gasteiger partial charge in [0.1, 0.15) is 0 Å². The minimum absolute atomic E-state index is 0.105. The Balaban J connectivity index is 1.11. The average Bonchev–Trinajstić information content (AvgIpc) is 3.80. The quantitative estimate of drug-likeness (QED) is 0.165. The highest BCUT2D eigenvalue weighted by atomic mass is 15.2. The van der Waals surface area contributed by atoms with E-state index in [-0.39, 0.29) is 5.41 Å². The molecule has 0 N–H and O–H groups in total. The number of hydrogen-bond donors (Lipinski definition) is 0. The first-order chi connectivity index (χ1) is 32.5. The van der Waals surface area contributed by atoms with Gasteiger partial charge < -0.3 is 9.80 Å². The second kappa shape index (κ2) is 14.7. The average molecular weight is 843 g/mol. The van der Waals surface area contributed by atoms with Crippen molar-refractivity contribution < 1.29 is 0 Å². The summed E-state index contributed by atoms with van der Waals surface area (Å²) >= 11 is 0. The van der Waals surface area contributed by atoms with Crippen molar-refractivity contribution in [2.75, 3.05) is 9.80 Å². The molecule has 312 valence electrons. The van der Waals surface area contributed by atoms with Gasteiger partial charge in [0, 0.05) is 27.9 Å². The molecule has 1 spiro atoms. The summed E-state index contributed by atoms with van der Waals surface area (Å²) in [4.78, 5) is 4.99. The van der Waals surface area contributed by atoms with E-state index in [1.807, 2.05) is 0 Å². The highest BCUT2D eigenvalue weighted by molar-refractivity contribution is 6.02. The second-order valence-corrected chi connectivity index (χ2v) is 18.4. The first kappa shape index (κ1) is 38.3. The van der Waals surface area contributed by atoms with E-state index in [1.54, 1.807) is 0 Å². The summed E-state index contributed by atoms with van der Waals surface area (Å²) in [5.41, 5.74) is 23.9. The van der Waals surface area contributed by atoms with Gasteiger partial charge in [-0.05, 0) is 115 Å². The van der Waals surface area contributed by atoms with Crippen LogP contribution in [0.3, 0.4) is 0 Å². The fraction of sp³-hybridized carbons (Fsp3) is 0.0625. The van der Waals surface area contributed by atoms with Crippen LogP contribution in [-0.2, 0) is 10.8 Å². The summed E-state index contributed by atoms with van der Waals surface area (Å²) in [5, 5.41) is 0. The largest absolute Gasteiger partial charge is 0.310 e. The molecule has 1 heterocycles. The van der Waals surface area contributed by atoms with Crippen LogP contribution in [0.15, 0.2) is 243 Å². The third-order valence-corrected chi connectivity index (χ3v) is 14.7. The Kier molecular flexibility index (Phi) is 8.51. The third-order valence-electron chi connectivity index (χ3n) is 14.7. The van der Waals surface area contributed by atoms with Gasteiger partial charge in [-0.3, -0.25) is 0 Å². The monoisotopic (exact) mass is 842 g/mol. The van der Waals surface area contributed by atoms with Crippen LogP contribution in [0.5, 0.6) is 0 Å². The predicted octanol–water partition coefficient (Wildman–Crippen LogP) is 16.9. The van der Waals surface area contributed by atoms with Crippen LogP contribution in [0.2, 0.25) is 0 Å². The van der Waals surface area contributed by atoms with Gasteiger partial charge in [-0.2, -0.15) is 0 Å². The lowest BCUT2D eigenvalue weighted by Gasteiger charge is -2.45. The summed E-state index contributed by atoms with van der Waals surface area (Å²) in [6.07, 6.45) is 0. The van der Waals surface area contributed by atoms with Gasteiger partial charge in [-0.25, -0.2) is 0 Å². The van der Waals surface area contributed by atoms with Crippen LogP contribution in [0.4, 0.5) is 34.1 Å². The molecular formula is C64H46N2. The smallest absolute Gasteiger partial charge is 0.0760 e. The second-order valence-electron chi connectivity index (χ2n) is 18.4. The Labute approximate surface area is 387 Å². The molecule has 0 aromatic heterocycles. The molecule has 3 aliphatic rings. The lowest BCUT2D eigenvalue weighted by atomic mass is 9.63. The lowest BCUT2D eigenvalue weighted by molar-refractivity contribution is 0.660. The highest BCUT2D eigenvalue weighted by Gasteiger charge is 2.53. The summed E-state index contributed by atoms with van der Waals surface area (Å²) in [7, 11) is 0. The van der Waals surface area contributed by atoms with E-state index in [9.17, 15) is 0 Å². The van der Waals surface area contributed by atoms with Gasteiger partial charge in [0.05, 0.1) is 28.2 Å². The van der Waals surface area contributed by atoms with Crippen molar-refractivity contribution in [3.8, 4) is 44.5 Å². The maximum absolute atomic E-state index is 2.53. The Morgan fingerprint density at radius 1 is 0.333 bits per heavy atom. The van der Waals surface area contributed by atoms with Gasteiger partial charge in [-0.1, -0.05) is 208 Å². The molecule has 66 heavy (non-hydrogen) atoms. The van der Waals surface area contributed by atoms with Crippen LogP contribution in [0.1, 0.15) is 47.2 Å². The van der Waals surface area contributed by atoms with Crippen molar-refractivity contribution in [2.24, 2.45) is 0 Å². The number of fused-ring (bicyclic) bond motifs is 12. The summed E-state index contributed by atoms with van der Waals surface area (Å²) in [6.45, 7) is 4.72. The maximum atomic E-state index is 2.53. The van der Waals surface area contributed by atoms with E-state index in [4.69, 9.17) is 0 Å². The Morgan fingerprint density at radius 3 is 1.45 bits per heavy atom. The van der Waals surface area contributed by atoms with Crippen LogP contribution < -0.4 is 9.80 Å². The normalized spacial score (nSPS) is 14.1. The minimum atomic E-state index is -0.621. The number of rotatable bonds is 6. The zero-order valence-electron chi connectivity index (χ0n) is 37.0. The summed E-state index contributed by atoms with van der Waals surface area (Å²) in [6, 6.07) is 90.2. The molecule has 0 bridgehead atoms. The number of hydrogen-bond acceptors (Lipinski definition) is 2. The van der Waals surface area contributed by atoms with Crippen LogP contribution in [0.25, 0.3) is 44.5 Å². The maximum Gasteiger partial charge on any atom is 0.0760 e. The molecular weight excluding hydrogens is 797 g/mol. The number of para-hydroxylation sites is 5. The first-order valence-electron chi connectivity index (χ1n) is 23.1. The number of nitrogens with zero attached hydrogens (tertiary/aromatic N) is 2. The zero-order valence-corrected chi connectivity index (χ0v) is 37.0. The number of benzene rings is 10. The topological polar surface area (TPSA) is 6.48 Å². The van der Waals surface area contributed by atoms with Crippen LogP contribution in [-0.4, -0.2) is 0 Å². The van der Waals surface area contributed by atoms with E-state index < -0.39 is 5.41 Å². The molecule has 2 heteroatoms. The number of anilines is 6. The Bertz CT molecular complexity index is 3480. The van der Waals surface area contributed by atoms with E-state index in [0.29, 0.717) is 0 Å². The van der Waals surface area contributed by atoms with E-state index in [2.05, 4.69) is 266 Å². The molecule has 10 aromatic rings. The molecule has 0 unspecified atom stereocenters. The molecule has 2 nitrogen and oxygen atoms in total. The first-order valence-corrected chi connectivity index (χ1v) is 23.1. The summed E-state index contributed by atoms with van der Waals surface area (Å²) < 4.78 is 0. The van der Waals surface area contributed by atoms with Crippen molar-refractivity contribution in [3.05, 3.63) is 276 Å². The Hall–Kier alpha value is -8.20. The summed E-state index contributed by atoms with van der Waals surface area (Å²) in [5.74, 6) is 0. The van der Waals surface area contributed by atoms with Gasteiger partial charge in [0.15, 0.2) is 0 Å². The minimum Gasteiger partial charge on any atom is -0.310 e. The molecule has 2 aliphatic carbocycles.